The molecule has 1 aliphatic heterocycles. The lowest BCUT2D eigenvalue weighted by atomic mass is 10.1. The summed E-state index contributed by atoms with van der Waals surface area (Å²) in [4.78, 5) is 13.3. The number of carbonyl (C=O) groups excluding carboxylic acids is 1. The molecule has 2 heterocycles. The summed E-state index contributed by atoms with van der Waals surface area (Å²) in [7, 11) is 1.67. The Morgan fingerprint density at radius 1 is 1.44 bits per heavy atom. The van der Waals surface area contributed by atoms with Gasteiger partial charge in [0.15, 0.2) is 0 Å². The van der Waals surface area contributed by atoms with Gasteiger partial charge in [-0.2, -0.15) is 10.2 Å². The minimum Gasteiger partial charge on any atom is -0.496 e. The van der Waals surface area contributed by atoms with E-state index in [-0.39, 0.29) is 5.91 Å². The second kappa shape index (κ2) is 8.41. The van der Waals surface area contributed by atoms with Crippen LogP contribution in [0.25, 0.3) is 0 Å². The van der Waals surface area contributed by atoms with Crippen LogP contribution in [0.1, 0.15) is 21.6 Å². The van der Waals surface area contributed by atoms with Crippen LogP contribution in [0, 0.1) is 0 Å². The van der Waals surface area contributed by atoms with Crippen molar-refractivity contribution in [2.75, 3.05) is 33.4 Å². The minimum atomic E-state index is -0.333. The Labute approximate surface area is 145 Å². The molecule has 8 nitrogen and oxygen atoms in total. The number of aromatic nitrogens is 2. The first kappa shape index (κ1) is 17.1. The molecular weight excluding hydrogens is 322 g/mol. The van der Waals surface area contributed by atoms with Crippen LogP contribution in [-0.2, 0) is 11.3 Å². The number of hydrazone groups is 1. The van der Waals surface area contributed by atoms with Crippen molar-refractivity contribution in [3.05, 3.63) is 47.3 Å². The van der Waals surface area contributed by atoms with Gasteiger partial charge in [-0.1, -0.05) is 0 Å². The van der Waals surface area contributed by atoms with Gasteiger partial charge in [0.25, 0.3) is 5.91 Å². The molecule has 0 saturated carbocycles. The molecule has 1 aromatic carbocycles. The highest BCUT2D eigenvalue weighted by molar-refractivity contribution is 5.93. The largest absolute Gasteiger partial charge is 0.496 e. The third kappa shape index (κ3) is 4.65. The number of nitrogens with zero attached hydrogens (tertiary/aromatic N) is 2. The first-order chi connectivity index (χ1) is 12.3. The predicted molar refractivity (Wildman–Crippen MR) is 91.9 cm³/mol. The number of rotatable bonds is 6. The van der Waals surface area contributed by atoms with E-state index in [9.17, 15) is 4.79 Å². The molecule has 3 rings (SSSR count). The first-order valence-electron chi connectivity index (χ1n) is 8.17. The molecule has 0 atom stereocenters. The number of methoxy groups -OCH3 is 1. The van der Waals surface area contributed by atoms with Crippen LogP contribution in [0.2, 0.25) is 0 Å². The summed E-state index contributed by atoms with van der Waals surface area (Å²) in [6, 6.07) is 7.45. The number of ether oxygens (including phenoxy) is 2. The van der Waals surface area contributed by atoms with E-state index in [1.165, 1.54) is 11.1 Å². The molecule has 1 amide bonds. The van der Waals surface area contributed by atoms with Crippen molar-refractivity contribution in [3.8, 4) is 5.75 Å². The van der Waals surface area contributed by atoms with Crippen molar-refractivity contribution < 1.29 is 19.2 Å². The molecule has 1 fully saturated rings. The number of hydrogen-bond acceptors (Lipinski definition) is 5. The third-order valence-electron chi connectivity index (χ3n) is 4.07. The fourth-order valence-corrected chi connectivity index (χ4v) is 2.73. The lowest BCUT2D eigenvalue weighted by Gasteiger charge is -2.24. The van der Waals surface area contributed by atoms with Gasteiger partial charge >= 0.3 is 0 Å². The molecule has 8 heteroatoms. The average molecular weight is 344 g/mol. The van der Waals surface area contributed by atoms with Crippen molar-refractivity contribution in [3.63, 3.8) is 0 Å². The Kier molecular flexibility index (Phi) is 5.76. The highest BCUT2D eigenvalue weighted by atomic mass is 16.5. The number of quaternary nitrogens is 1. The Bertz CT molecular complexity index is 724. The number of aromatic amines is 1. The molecule has 3 N–H and O–H groups in total. The molecule has 1 saturated heterocycles. The van der Waals surface area contributed by atoms with Gasteiger partial charge in [-0.3, -0.25) is 9.89 Å². The molecule has 25 heavy (non-hydrogen) atoms. The Hall–Kier alpha value is -2.71. The Balaban J connectivity index is 1.65. The number of morpholine rings is 1. The van der Waals surface area contributed by atoms with Gasteiger partial charge in [-0.15, -0.1) is 0 Å². The van der Waals surface area contributed by atoms with Gasteiger partial charge in [-0.05, 0) is 29.8 Å². The average Bonchev–Trinajstić information content (AvgIpc) is 3.18. The van der Waals surface area contributed by atoms with Gasteiger partial charge in [-0.25, -0.2) is 5.43 Å². The first-order valence-corrected chi connectivity index (χ1v) is 8.17. The summed E-state index contributed by atoms with van der Waals surface area (Å²) >= 11 is 0. The van der Waals surface area contributed by atoms with Crippen LogP contribution >= 0.6 is 0 Å². The van der Waals surface area contributed by atoms with E-state index >= 15 is 0 Å². The fourth-order valence-electron chi connectivity index (χ4n) is 2.73. The van der Waals surface area contributed by atoms with E-state index in [4.69, 9.17) is 9.47 Å². The van der Waals surface area contributed by atoms with Crippen molar-refractivity contribution in [2.45, 2.75) is 6.54 Å². The number of hydrogen-bond donors (Lipinski definition) is 3. The summed E-state index contributed by atoms with van der Waals surface area (Å²) in [5.74, 6) is 0.526. The van der Waals surface area contributed by atoms with Crippen molar-refractivity contribution in [1.82, 2.24) is 15.6 Å². The molecule has 132 valence electrons. The highest BCUT2D eigenvalue weighted by Gasteiger charge is 2.16. The maximum Gasteiger partial charge on any atom is 0.289 e. The number of amides is 1. The Morgan fingerprint density at radius 2 is 2.28 bits per heavy atom. The second-order valence-electron chi connectivity index (χ2n) is 5.78. The molecule has 0 radical (unpaired) electrons. The summed E-state index contributed by atoms with van der Waals surface area (Å²) in [5.41, 5.74) is 4.84. The normalized spacial score (nSPS) is 15.4. The zero-order chi connectivity index (χ0) is 17.5. The highest BCUT2D eigenvalue weighted by Crippen LogP contribution is 2.18. The van der Waals surface area contributed by atoms with Crippen LogP contribution in [0.15, 0.2) is 35.6 Å². The molecule has 1 aromatic heterocycles. The standard InChI is InChI=1S/C17H21N5O3/c1-24-16-3-2-13(10-14(16)12-22-6-8-25-9-7-22)11-19-21-17(23)15-4-5-18-20-15/h2-5,10-11H,6-9,12H2,1H3,(H,18,20)(H,21,23)/p+1/b19-11-. The third-order valence-corrected chi connectivity index (χ3v) is 4.07. The van der Waals surface area contributed by atoms with Crippen LogP contribution in [-0.4, -0.2) is 55.7 Å². The van der Waals surface area contributed by atoms with Gasteiger partial charge in [0.05, 0.1) is 26.5 Å². The van der Waals surface area contributed by atoms with Crippen LogP contribution in [0.5, 0.6) is 5.75 Å². The monoisotopic (exact) mass is 344 g/mol. The summed E-state index contributed by atoms with van der Waals surface area (Å²) < 4.78 is 10.9. The minimum absolute atomic E-state index is 0.333. The van der Waals surface area contributed by atoms with E-state index in [1.54, 1.807) is 19.4 Å². The molecule has 1 aliphatic rings. The van der Waals surface area contributed by atoms with E-state index < -0.39 is 0 Å². The van der Waals surface area contributed by atoms with E-state index in [1.807, 2.05) is 18.2 Å². The van der Waals surface area contributed by atoms with Crippen molar-refractivity contribution in [2.24, 2.45) is 5.10 Å². The molecule has 0 aliphatic carbocycles. The van der Waals surface area contributed by atoms with Crippen LogP contribution in [0.3, 0.4) is 0 Å². The van der Waals surface area contributed by atoms with E-state index in [0.29, 0.717) is 5.69 Å². The smallest absolute Gasteiger partial charge is 0.289 e. The van der Waals surface area contributed by atoms with Gasteiger partial charge in [0, 0.05) is 11.8 Å². The Morgan fingerprint density at radius 3 is 3.00 bits per heavy atom. The quantitative estimate of drug-likeness (QED) is 0.491. The molecule has 0 unspecified atom stereocenters. The second-order valence-corrected chi connectivity index (χ2v) is 5.78. The molecular formula is C17H22N5O3+. The lowest BCUT2D eigenvalue weighted by molar-refractivity contribution is -0.921. The maximum atomic E-state index is 11.8. The zero-order valence-electron chi connectivity index (χ0n) is 14.1. The molecule has 0 spiro atoms. The summed E-state index contributed by atoms with van der Waals surface area (Å²) in [6.45, 7) is 4.43. The van der Waals surface area contributed by atoms with Crippen molar-refractivity contribution >= 4 is 12.1 Å². The van der Waals surface area contributed by atoms with E-state index in [0.717, 1.165) is 49.7 Å². The topological polar surface area (TPSA) is 93.0 Å². The number of nitrogens with one attached hydrogen (secondary N) is 3. The number of benzene rings is 1. The number of carbonyl (C=O) groups is 1. The zero-order valence-corrected chi connectivity index (χ0v) is 14.1. The van der Waals surface area contributed by atoms with Crippen molar-refractivity contribution in [1.29, 1.82) is 0 Å². The number of H-pyrrole nitrogens is 1. The van der Waals surface area contributed by atoms with Gasteiger partial charge < -0.3 is 14.4 Å². The SMILES string of the molecule is COc1ccc(/C=N\NC(=O)c2ccn[nH]2)cc1C[NH+]1CCOCC1. The lowest BCUT2D eigenvalue weighted by Crippen LogP contribution is -3.12. The summed E-state index contributed by atoms with van der Waals surface area (Å²) in [6.07, 6.45) is 3.13. The van der Waals surface area contributed by atoms with Gasteiger partial charge in [0.2, 0.25) is 0 Å². The van der Waals surface area contributed by atoms with E-state index in [2.05, 4.69) is 20.7 Å². The fraction of sp³-hybridized carbons (Fsp3) is 0.353. The molecule has 0 bridgehead atoms. The molecule has 2 aromatic rings. The summed E-state index contributed by atoms with van der Waals surface area (Å²) in [5, 5.41) is 10.3. The predicted octanol–water partition coefficient (Wildman–Crippen LogP) is -0.403. The van der Waals surface area contributed by atoms with Crippen LogP contribution < -0.4 is 15.1 Å². The van der Waals surface area contributed by atoms with Gasteiger partial charge in [0.1, 0.15) is 31.1 Å². The van der Waals surface area contributed by atoms with Crippen LogP contribution in [0.4, 0.5) is 0 Å². The maximum absolute atomic E-state index is 11.8.